The molecular formula is C70H64SiZr-4. The van der Waals surface area contributed by atoms with Crippen LogP contribution in [-0.2, 0) is 34.2 Å². The van der Waals surface area contributed by atoms with Gasteiger partial charge in [0.05, 0.1) is 0 Å². The number of rotatable bonds is 4. The van der Waals surface area contributed by atoms with Crippen molar-refractivity contribution in [3.05, 3.63) is 243 Å². The van der Waals surface area contributed by atoms with E-state index in [1.165, 1.54) is 155 Å². The fourth-order valence-corrected chi connectivity index (χ4v) is 11.4. The van der Waals surface area contributed by atoms with Crippen LogP contribution in [0.15, 0.2) is 206 Å². The summed E-state index contributed by atoms with van der Waals surface area (Å²) in [7, 11) is 0. The Bertz CT molecular complexity index is 3640. The molecule has 0 fully saturated rings. The van der Waals surface area contributed by atoms with E-state index in [4.69, 9.17) is 0 Å². The maximum atomic E-state index is 3.06. The van der Waals surface area contributed by atoms with Gasteiger partial charge in [0.2, 0.25) is 0 Å². The van der Waals surface area contributed by atoms with Gasteiger partial charge in [0, 0.05) is 0 Å². The molecule has 72 heavy (non-hydrogen) atoms. The van der Waals surface area contributed by atoms with E-state index in [0.717, 1.165) is 0 Å². The Hall–Kier alpha value is -6.44. The van der Waals surface area contributed by atoms with Crippen molar-refractivity contribution in [3.8, 4) is 44.5 Å². The molecule has 356 valence electrons. The third kappa shape index (κ3) is 9.30. The third-order valence-electron chi connectivity index (χ3n) is 14.6. The van der Waals surface area contributed by atoms with E-state index in [-0.39, 0.29) is 25.7 Å². The molecule has 2 heteroatoms. The van der Waals surface area contributed by atoms with Crippen LogP contribution < -0.4 is 0 Å². The molecule has 0 unspecified atom stereocenters. The Kier molecular flexibility index (Phi) is 15.1. The molecule has 0 spiro atoms. The van der Waals surface area contributed by atoms with E-state index in [0.29, 0.717) is 0 Å². The fourth-order valence-electron chi connectivity index (χ4n) is 11.4. The third-order valence-corrected chi connectivity index (χ3v) is 14.6. The van der Waals surface area contributed by atoms with Crippen LogP contribution in [0.3, 0.4) is 0 Å². The van der Waals surface area contributed by atoms with Crippen molar-refractivity contribution >= 4 is 71.5 Å². The molecule has 0 aliphatic carbocycles. The summed E-state index contributed by atoms with van der Waals surface area (Å²) in [5, 5.41) is 15.8. The summed E-state index contributed by atoms with van der Waals surface area (Å²) in [5.74, 6) is 0. The molecule has 2 radical (unpaired) electrons. The Morgan fingerprint density at radius 3 is 0.819 bits per heavy atom. The summed E-state index contributed by atoms with van der Waals surface area (Å²) in [6.45, 7) is 21.6. The van der Waals surface area contributed by atoms with Gasteiger partial charge in [-0.15, -0.1) is 44.8 Å². The van der Waals surface area contributed by atoms with E-state index < -0.39 is 0 Å². The second-order valence-electron chi connectivity index (χ2n) is 20.9. The number of aryl methyl sites for hydroxylation is 2. The van der Waals surface area contributed by atoms with Crippen molar-refractivity contribution < 1.29 is 23.3 Å². The summed E-state index contributed by atoms with van der Waals surface area (Å²) in [5.41, 5.74) is 16.3. The maximum absolute atomic E-state index is 3.06. The first-order valence-corrected chi connectivity index (χ1v) is 28.7. The summed E-state index contributed by atoms with van der Waals surface area (Å²) in [4.78, 5) is 0. The minimum atomic E-state index is 0. The monoisotopic (exact) mass is 1020 g/mol. The van der Waals surface area contributed by atoms with Gasteiger partial charge in [0.15, 0.2) is 0 Å². The van der Waals surface area contributed by atoms with Crippen LogP contribution in [0.2, 0.25) is 0 Å². The molecule has 0 heterocycles. The van der Waals surface area contributed by atoms with Gasteiger partial charge >= 0.3 is 30.2 Å². The number of hydrogen-bond acceptors (Lipinski definition) is 0. The van der Waals surface area contributed by atoms with Crippen LogP contribution in [-0.4, -0.2) is 6.88 Å². The molecule has 0 atom stereocenters. The van der Waals surface area contributed by atoms with E-state index >= 15 is 0 Å². The van der Waals surface area contributed by atoms with Gasteiger partial charge in [-0.1, -0.05) is 283 Å². The van der Waals surface area contributed by atoms with Crippen LogP contribution >= 0.6 is 0 Å². The number of hydrogen-bond donors (Lipinski definition) is 0. The van der Waals surface area contributed by atoms with Crippen LogP contribution in [0.25, 0.3) is 109 Å². The van der Waals surface area contributed by atoms with Crippen molar-refractivity contribution in [2.24, 2.45) is 0 Å². The van der Waals surface area contributed by atoms with Crippen LogP contribution in [0.4, 0.5) is 0 Å². The van der Waals surface area contributed by atoms with Crippen molar-refractivity contribution in [2.75, 3.05) is 0 Å². The molecule has 0 aromatic heterocycles. The quantitative estimate of drug-likeness (QED) is 0.122. The fraction of sp³-hybridized carbons (Fsp3) is 0.143. The molecule has 0 saturated heterocycles. The van der Waals surface area contributed by atoms with Crippen LogP contribution in [0.1, 0.15) is 63.8 Å². The van der Waals surface area contributed by atoms with Gasteiger partial charge in [-0.3, -0.25) is 0 Å². The van der Waals surface area contributed by atoms with Crippen molar-refractivity contribution in [2.45, 2.75) is 66.2 Å². The summed E-state index contributed by atoms with van der Waals surface area (Å²) in [6.07, 6.45) is 0. The van der Waals surface area contributed by atoms with Crippen molar-refractivity contribution in [3.63, 3.8) is 0 Å². The van der Waals surface area contributed by atoms with Crippen LogP contribution in [0, 0.1) is 28.7 Å². The van der Waals surface area contributed by atoms with E-state index in [1.54, 1.807) is 0 Å². The number of benzene rings is 10. The van der Waals surface area contributed by atoms with Crippen molar-refractivity contribution in [1.82, 2.24) is 0 Å². The Balaban J connectivity index is 0.000000181. The predicted octanol–water partition coefficient (Wildman–Crippen LogP) is 20.1. The normalized spacial score (nSPS) is 11.5. The standard InChI is InChI=1S/2C34H29.2CH3.Si.Zr/c2*1-22-32(34(2,3)4)21-31-29(27-17-9-13-23-11-5-7-15-25(23)27)19-20-30(33(22)31)28-18-10-14-24-12-6-8-16-26(24)28;;;;/h2*5-21H,1-4H3;2*1H3;;/q4*-1;;. The SMILES string of the molecule is Cc1c(C(C)(C)C)[cH-]c2c(-c3cccc4ccccc34)ccc(-c3cccc4ccccc34)c12.Cc1c(C(C)(C)C)[cH-]c2c(-c3cccc4ccccc34)ccc(-c3cccc4ccccc34)c12.[CH3-].[CH3-].[Si]=[Zr]. The topological polar surface area (TPSA) is 0 Å². The molecule has 12 rings (SSSR count). The number of fused-ring (bicyclic) bond motifs is 6. The first-order chi connectivity index (χ1) is 33.9. The zero-order valence-corrected chi connectivity index (χ0v) is 47.1. The first kappa shape index (κ1) is 51.9. The zero-order chi connectivity index (χ0) is 48.9. The molecule has 0 aliphatic heterocycles. The van der Waals surface area contributed by atoms with Gasteiger partial charge in [-0.25, -0.2) is 0 Å². The molecule has 0 bridgehead atoms. The van der Waals surface area contributed by atoms with Crippen LogP contribution in [0.5, 0.6) is 0 Å². The molecule has 0 amide bonds. The predicted molar refractivity (Wildman–Crippen MR) is 316 cm³/mol. The average molecular weight is 1020 g/mol. The van der Waals surface area contributed by atoms with Crippen molar-refractivity contribution in [1.29, 1.82) is 0 Å². The van der Waals surface area contributed by atoms with E-state index in [1.807, 2.05) is 0 Å². The minimum absolute atomic E-state index is 0. The molecule has 0 nitrogen and oxygen atoms in total. The molecule has 12 aromatic carbocycles. The molecule has 0 aliphatic rings. The van der Waals surface area contributed by atoms with E-state index in [9.17, 15) is 0 Å². The summed E-state index contributed by atoms with van der Waals surface area (Å²) in [6, 6.07) is 75.8. The average Bonchev–Trinajstić information content (AvgIpc) is 3.94. The van der Waals surface area contributed by atoms with Gasteiger partial charge in [-0.05, 0) is 65.0 Å². The van der Waals surface area contributed by atoms with Gasteiger partial charge in [0.25, 0.3) is 0 Å². The second kappa shape index (κ2) is 21.0. The second-order valence-corrected chi connectivity index (χ2v) is 20.9. The van der Waals surface area contributed by atoms with E-state index in [2.05, 4.69) is 269 Å². The molecular weight excluding hydrogens is 960 g/mol. The van der Waals surface area contributed by atoms with Gasteiger partial charge in [0.1, 0.15) is 0 Å². The molecule has 0 N–H and O–H groups in total. The van der Waals surface area contributed by atoms with Gasteiger partial charge < -0.3 is 14.9 Å². The first-order valence-electron chi connectivity index (χ1n) is 24.5. The summed E-state index contributed by atoms with van der Waals surface area (Å²) < 4.78 is 0. The Labute approximate surface area is 445 Å². The Morgan fingerprint density at radius 1 is 0.306 bits per heavy atom. The zero-order valence-electron chi connectivity index (χ0n) is 43.6. The molecule has 0 saturated carbocycles. The van der Waals surface area contributed by atoms with Gasteiger partial charge in [-0.2, -0.15) is 11.1 Å². The summed E-state index contributed by atoms with van der Waals surface area (Å²) >= 11 is 1.36. The molecule has 12 aromatic rings. The Morgan fingerprint density at radius 2 is 0.542 bits per heavy atom.